The van der Waals surface area contributed by atoms with Crippen LogP contribution in [0.15, 0.2) is 18.2 Å². The minimum absolute atomic E-state index is 0.0142. The number of benzene rings is 1. The highest BCUT2D eigenvalue weighted by molar-refractivity contribution is 5.96. The smallest absolute Gasteiger partial charge is 0.164 e. The summed E-state index contributed by atoms with van der Waals surface area (Å²) in [6.07, 6.45) is 0.390. The van der Waals surface area contributed by atoms with Gasteiger partial charge in [0.1, 0.15) is 5.82 Å². The van der Waals surface area contributed by atoms with Crippen LogP contribution >= 0.6 is 0 Å². The second-order valence-electron chi connectivity index (χ2n) is 3.01. The summed E-state index contributed by atoms with van der Waals surface area (Å²) in [4.78, 5) is 11.4. The van der Waals surface area contributed by atoms with E-state index in [0.29, 0.717) is 18.5 Å². The lowest BCUT2D eigenvalue weighted by atomic mass is 10.1. The number of rotatable bonds is 4. The van der Waals surface area contributed by atoms with E-state index in [1.807, 2.05) is 0 Å². The normalized spacial score (nSPS) is 10.1. The Morgan fingerprint density at radius 2 is 2.29 bits per heavy atom. The van der Waals surface area contributed by atoms with Gasteiger partial charge in [0.05, 0.1) is 5.69 Å². The highest BCUT2D eigenvalue weighted by Gasteiger charge is 2.07. The lowest BCUT2D eigenvalue weighted by Crippen LogP contribution is -2.13. The molecule has 14 heavy (non-hydrogen) atoms. The molecule has 1 aromatic rings. The predicted molar refractivity (Wildman–Crippen MR) is 53.7 cm³/mol. The van der Waals surface area contributed by atoms with Crippen molar-refractivity contribution in [2.45, 2.75) is 6.42 Å². The van der Waals surface area contributed by atoms with Crippen molar-refractivity contribution in [1.82, 2.24) is 5.32 Å². The molecule has 0 radical (unpaired) electrons. The molecule has 1 aromatic carbocycles. The van der Waals surface area contributed by atoms with Crippen LogP contribution in [-0.4, -0.2) is 19.4 Å². The molecule has 1 rings (SSSR count). The molecule has 0 spiro atoms. The zero-order chi connectivity index (χ0) is 10.6. The summed E-state index contributed by atoms with van der Waals surface area (Å²) in [5.74, 6) is -0.527. The monoisotopic (exact) mass is 196 g/mol. The summed E-state index contributed by atoms with van der Waals surface area (Å²) in [6, 6.07) is 4.03. The van der Waals surface area contributed by atoms with Crippen LogP contribution in [0.3, 0.4) is 0 Å². The van der Waals surface area contributed by atoms with Gasteiger partial charge in [-0.2, -0.15) is 0 Å². The Labute approximate surface area is 82.1 Å². The van der Waals surface area contributed by atoms with E-state index in [1.165, 1.54) is 18.2 Å². The molecule has 0 aromatic heterocycles. The van der Waals surface area contributed by atoms with Gasteiger partial charge in [-0.3, -0.25) is 4.79 Å². The van der Waals surface area contributed by atoms with Gasteiger partial charge in [-0.25, -0.2) is 4.39 Å². The van der Waals surface area contributed by atoms with Gasteiger partial charge in [0.15, 0.2) is 5.78 Å². The van der Waals surface area contributed by atoms with Gasteiger partial charge in [-0.15, -0.1) is 0 Å². The van der Waals surface area contributed by atoms with E-state index in [0.717, 1.165) is 0 Å². The Balaban J connectivity index is 2.76. The van der Waals surface area contributed by atoms with Crippen LogP contribution in [0, 0.1) is 5.82 Å². The molecular formula is C10H13FN2O. The Hall–Kier alpha value is -1.42. The number of carbonyl (C=O) groups excluding carboxylic acids is 1. The van der Waals surface area contributed by atoms with Crippen LogP contribution < -0.4 is 11.1 Å². The average molecular weight is 196 g/mol. The molecule has 0 saturated carbocycles. The van der Waals surface area contributed by atoms with Gasteiger partial charge in [-0.1, -0.05) is 0 Å². The number of nitrogen functional groups attached to an aromatic ring is 1. The molecule has 0 saturated heterocycles. The van der Waals surface area contributed by atoms with Crippen LogP contribution in [0.2, 0.25) is 0 Å². The molecule has 0 aliphatic heterocycles. The molecule has 0 aliphatic rings. The fourth-order valence-electron chi connectivity index (χ4n) is 1.10. The molecule has 0 heterocycles. The summed E-state index contributed by atoms with van der Waals surface area (Å²) in [5.41, 5.74) is 5.82. The summed E-state index contributed by atoms with van der Waals surface area (Å²) in [6.45, 7) is 0.607. The second-order valence-corrected chi connectivity index (χ2v) is 3.01. The topological polar surface area (TPSA) is 55.1 Å². The van der Waals surface area contributed by atoms with E-state index >= 15 is 0 Å². The number of carbonyl (C=O) groups is 1. The Morgan fingerprint density at radius 1 is 1.57 bits per heavy atom. The summed E-state index contributed by atoms with van der Waals surface area (Å²) in [7, 11) is 1.77. The van der Waals surface area contributed by atoms with Crippen molar-refractivity contribution in [3.63, 3.8) is 0 Å². The molecule has 76 valence electrons. The van der Waals surface area contributed by atoms with Gasteiger partial charge < -0.3 is 11.1 Å². The molecule has 0 atom stereocenters. The van der Waals surface area contributed by atoms with Crippen molar-refractivity contribution >= 4 is 11.5 Å². The molecule has 3 nitrogen and oxygen atoms in total. The molecule has 0 amide bonds. The highest BCUT2D eigenvalue weighted by atomic mass is 19.1. The van der Waals surface area contributed by atoms with Crippen LogP contribution in [0.25, 0.3) is 0 Å². The fourth-order valence-corrected chi connectivity index (χ4v) is 1.10. The van der Waals surface area contributed by atoms with Crippen molar-refractivity contribution in [3.05, 3.63) is 29.6 Å². The first-order chi connectivity index (χ1) is 6.65. The molecular weight excluding hydrogens is 183 g/mol. The zero-order valence-electron chi connectivity index (χ0n) is 8.01. The fraction of sp³-hybridized carbons (Fsp3) is 0.300. The van der Waals surface area contributed by atoms with Gasteiger partial charge >= 0.3 is 0 Å². The van der Waals surface area contributed by atoms with E-state index in [9.17, 15) is 9.18 Å². The SMILES string of the molecule is CNCCC(=O)c1ccc(F)c(N)c1. The maximum absolute atomic E-state index is 12.8. The van der Waals surface area contributed by atoms with Gasteiger partial charge in [-0.05, 0) is 25.2 Å². The first-order valence-corrected chi connectivity index (χ1v) is 4.38. The molecule has 0 fully saturated rings. The van der Waals surface area contributed by atoms with Crippen molar-refractivity contribution in [2.24, 2.45) is 0 Å². The average Bonchev–Trinajstić information content (AvgIpc) is 2.18. The summed E-state index contributed by atoms with van der Waals surface area (Å²) in [5, 5.41) is 2.87. The number of anilines is 1. The lowest BCUT2D eigenvalue weighted by Gasteiger charge is -2.02. The van der Waals surface area contributed by atoms with Gasteiger partial charge in [0.2, 0.25) is 0 Å². The van der Waals surface area contributed by atoms with Crippen molar-refractivity contribution in [3.8, 4) is 0 Å². The van der Waals surface area contributed by atoms with Crippen LogP contribution in [0.5, 0.6) is 0 Å². The van der Waals surface area contributed by atoms with Crippen molar-refractivity contribution in [2.75, 3.05) is 19.3 Å². The third kappa shape index (κ3) is 2.53. The third-order valence-corrected chi connectivity index (χ3v) is 1.92. The van der Waals surface area contributed by atoms with Crippen LogP contribution in [0.1, 0.15) is 16.8 Å². The molecule has 0 unspecified atom stereocenters. The maximum atomic E-state index is 12.8. The van der Waals surface area contributed by atoms with Crippen molar-refractivity contribution < 1.29 is 9.18 Å². The summed E-state index contributed by atoms with van der Waals surface area (Å²) < 4.78 is 12.8. The van der Waals surface area contributed by atoms with E-state index in [2.05, 4.69) is 5.32 Å². The van der Waals surface area contributed by atoms with E-state index in [-0.39, 0.29) is 11.5 Å². The van der Waals surface area contributed by atoms with Gasteiger partial charge in [0, 0.05) is 18.5 Å². The largest absolute Gasteiger partial charge is 0.396 e. The number of halogens is 1. The molecule has 0 bridgehead atoms. The van der Waals surface area contributed by atoms with Crippen LogP contribution in [0.4, 0.5) is 10.1 Å². The molecule has 3 N–H and O–H groups in total. The quantitative estimate of drug-likeness (QED) is 0.562. The van der Waals surface area contributed by atoms with E-state index in [1.54, 1.807) is 7.05 Å². The summed E-state index contributed by atoms with van der Waals surface area (Å²) >= 11 is 0. The number of nitrogens with two attached hydrogens (primary N) is 1. The zero-order valence-corrected chi connectivity index (χ0v) is 8.01. The minimum atomic E-state index is -0.491. The number of hydrogen-bond donors (Lipinski definition) is 2. The highest BCUT2D eigenvalue weighted by Crippen LogP contribution is 2.13. The Kier molecular flexibility index (Phi) is 3.59. The minimum Gasteiger partial charge on any atom is -0.396 e. The number of Topliss-reactive ketones (excluding diaryl/α,β-unsaturated/α-hetero) is 1. The first-order valence-electron chi connectivity index (χ1n) is 4.38. The van der Waals surface area contributed by atoms with Gasteiger partial charge in [0.25, 0.3) is 0 Å². The van der Waals surface area contributed by atoms with Crippen LogP contribution in [-0.2, 0) is 0 Å². The third-order valence-electron chi connectivity index (χ3n) is 1.92. The van der Waals surface area contributed by atoms with Crippen molar-refractivity contribution in [1.29, 1.82) is 0 Å². The predicted octanol–water partition coefficient (Wildman–Crippen LogP) is 1.20. The molecule has 4 heteroatoms. The number of ketones is 1. The maximum Gasteiger partial charge on any atom is 0.164 e. The lowest BCUT2D eigenvalue weighted by molar-refractivity contribution is 0.0983. The number of hydrogen-bond acceptors (Lipinski definition) is 3. The van der Waals surface area contributed by atoms with E-state index in [4.69, 9.17) is 5.73 Å². The Morgan fingerprint density at radius 3 is 2.86 bits per heavy atom. The Bertz CT molecular complexity index is 339. The van der Waals surface area contributed by atoms with E-state index < -0.39 is 5.82 Å². The standard InChI is InChI=1S/C10H13FN2O/c1-13-5-4-10(14)7-2-3-8(11)9(12)6-7/h2-3,6,13H,4-5,12H2,1H3. The molecule has 0 aliphatic carbocycles. The first kappa shape index (κ1) is 10.7. The second kappa shape index (κ2) is 4.72. The number of nitrogens with one attached hydrogen (secondary N) is 1.